The number of ether oxygens (including phenoxy) is 1. The summed E-state index contributed by atoms with van der Waals surface area (Å²) in [5, 5.41) is 0. The Morgan fingerprint density at radius 1 is 1.44 bits per heavy atom. The molecule has 0 atom stereocenters. The number of methoxy groups -OCH3 is 1. The maximum absolute atomic E-state index is 4.92. The predicted octanol–water partition coefficient (Wildman–Crippen LogP) is 1.31. The fourth-order valence-corrected chi connectivity index (χ4v) is 1.76. The van der Waals surface area contributed by atoms with E-state index in [2.05, 4.69) is 13.2 Å². The predicted molar refractivity (Wildman–Crippen MR) is 44.2 cm³/mol. The molecule has 0 aliphatic carbocycles. The van der Waals surface area contributed by atoms with Crippen molar-refractivity contribution in [2.75, 3.05) is 13.7 Å². The number of rotatable bonds is 5. The summed E-state index contributed by atoms with van der Waals surface area (Å²) in [5.74, 6) is 0. The Morgan fingerprint density at radius 2 is 2.00 bits per heavy atom. The van der Waals surface area contributed by atoms with Crippen LogP contribution in [0.15, 0.2) is 24.6 Å². The highest BCUT2D eigenvalue weighted by Crippen LogP contribution is 1.93. The van der Waals surface area contributed by atoms with Gasteiger partial charge in [-0.1, -0.05) is 0 Å². The van der Waals surface area contributed by atoms with Crippen LogP contribution in [0.5, 0.6) is 0 Å². The van der Waals surface area contributed by atoms with Gasteiger partial charge in [0.25, 0.3) is 0 Å². The van der Waals surface area contributed by atoms with Crippen molar-refractivity contribution in [3.63, 3.8) is 0 Å². The number of hydrogen-bond donors (Lipinski definition) is 0. The van der Waals surface area contributed by atoms with Crippen LogP contribution in [0.25, 0.3) is 0 Å². The minimum absolute atomic E-state index is 0.807. The van der Waals surface area contributed by atoms with Crippen molar-refractivity contribution >= 4 is 8.80 Å². The van der Waals surface area contributed by atoms with Gasteiger partial charge >= 0.3 is 0 Å². The van der Waals surface area contributed by atoms with Crippen molar-refractivity contribution in [1.29, 1.82) is 0 Å². The molecule has 0 aliphatic heterocycles. The molecule has 0 fully saturated rings. The van der Waals surface area contributed by atoms with Crippen molar-refractivity contribution in [2.45, 2.75) is 6.04 Å². The highest BCUT2D eigenvalue weighted by atomic mass is 28.3. The summed E-state index contributed by atoms with van der Waals surface area (Å²) >= 11 is 0. The Balaban J connectivity index is 3.30. The van der Waals surface area contributed by atoms with Gasteiger partial charge in [0.2, 0.25) is 0 Å². The zero-order valence-corrected chi connectivity index (χ0v) is 7.12. The third-order valence-electron chi connectivity index (χ3n) is 1.26. The summed E-state index contributed by atoms with van der Waals surface area (Å²) in [6, 6.07) is 1.13. The van der Waals surface area contributed by atoms with Crippen LogP contribution in [0.3, 0.4) is 0 Å². The summed E-state index contributed by atoms with van der Waals surface area (Å²) < 4.78 is 4.92. The molecule has 0 aromatic rings. The molecule has 0 aromatic carbocycles. The van der Waals surface area contributed by atoms with Crippen LogP contribution in [0.1, 0.15) is 0 Å². The fourth-order valence-electron chi connectivity index (χ4n) is 0.586. The summed E-state index contributed by atoms with van der Waals surface area (Å²) in [4.78, 5) is 0. The van der Waals surface area contributed by atoms with Crippen LogP contribution in [0, 0.1) is 0 Å². The molecule has 2 heteroatoms. The second-order valence-corrected chi connectivity index (χ2v) is 4.76. The normalized spacial score (nSPS) is 9.56. The van der Waals surface area contributed by atoms with E-state index in [0.717, 1.165) is 12.7 Å². The second-order valence-electron chi connectivity index (χ2n) is 1.92. The van der Waals surface area contributed by atoms with Crippen LogP contribution in [-0.4, -0.2) is 22.5 Å². The molecule has 52 valence electrons. The average molecular weight is 142 g/mol. The first kappa shape index (κ1) is 8.66. The molecule has 0 spiro atoms. The molecule has 0 aromatic heterocycles. The minimum Gasteiger partial charge on any atom is -0.385 e. The van der Waals surface area contributed by atoms with Gasteiger partial charge in [-0.3, -0.25) is 0 Å². The van der Waals surface area contributed by atoms with Gasteiger partial charge in [0.05, 0.1) is 8.80 Å². The Labute approximate surface area is 58.6 Å². The lowest BCUT2D eigenvalue weighted by Gasteiger charge is -2.01. The molecule has 0 rings (SSSR count). The lowest BCUT2D eigenvalue weighted by molar-refractivity contribution is 0.215. The molecule has 0 unspecified atom stereocenters. The van der Waals surface area contributed by atoms with Crippen molar-refractivity contribution < 1.29 is 4.74 Å². The molecule has 9 heavy (non-hydrogen) atoms. The fraction of sp³-hybridized carbons (Fsp3) is 0.429. The van der Waals surface area contributed by atoms with Gasteiger partial charge in [-0.05, 0) is 6.04 Å². The molecule has 0 bridgehead atoms. The molecule has 1 nitrogen and oxygen atoms in total. The highest BCUT2D eigenvalue weighted by Gasteiger charge is 1.97. The first-order valence-corrected chi connectivity index (χ1v) is 5.24. The topological polar surface area (TPSA) is 9.23 Å². The first-order valence-electron chi connectivity index (χ1n) is 3.09. The summed E-state index contributed by atoms with van der Waals surface area (Å²) in [7, 11) is 0.913. The van der Waals surface area contributed by atoms with Crippen LogP contribution in [0.4, 0.5) is 0 Å². The van der Waals surface area contributed by atoms with Gasteiger partial charge in [-0.2, -0.15) is 0 Å². The van der Waals surface area contributed by atoms with Gasteiger partial charge < -0.3 is 4.74 Å². The van der Waals surface area contributed by atoms with E-state index in [9.17, 15) is 0 Å². The Bertz CT molecular complexity index is 82.9. The maximum atomic E-state index is 4.92. The third-order valence-corrected chi connectivity index (χ3v) is 3.37. The molecule has 0 amide bonds. The average Bonchev–Trinajstić information content (AvgIpc) is 1.91. The molecule has 0 aliphatic rings. The zero-order chi connectivity index (χ0) is 7.11. The van der Waals surface area contributed by atoms with Crippen LogP contribution in [0.2, 0.25) is 6.04 Å². The van der Waals surface area contributed by atoms with Crippen LogP contribution < -0.4 is 0 Å². The van der Waals surface area contributed by atoms with E-state index in [1.54, 1.807) is 7.11 Å². The summed E-state index contributed by atoms with van der Waals surface area (Å²) in [5.41, 5.74) is 4.04. The first-order chi connectivity index (χ1) is 4.35. The maximum Gasteiger partial charge on any atom is 0.0860 e. The van der Waals surface area contributed by atoms with Crippen molar-refractivity contribution in [2.24, 2.45) is 0 Å². The minimum atomic E-state index is -0.807. The van der Waals surface area contributed by atoms with Crippen molar-refractivity contribution in [3.8, 4) is 0 Å². The summed E-state index contributed by atoms with van der Waals surface area (Å²) in [6.07, 6.45) is 0. The molecule has 0 N–H and O–H groups in total. The molecule has 0 heterocycles. The van der Waals surface area contributed by atoms with Gasteiger partial charge in [-0.15, -0.1) is 24.6 Å². The number of hydrogen-bond acceptors (Lipinski definition) is 1. The van der Waals surface area contributed by atoms with E-state index in [1.165, 1.54) is 0 Å². The van der Waals surface area contributed by atoms with Crippen LogP contribution >= 0.6 is 0 Å². The Morgan fingerprint density at radius 3 is 2.33 bits per heavy atom. The second kappa shape index (κ2) is 5.79. The zero-order valence-electron chi connectivity index (χ0n) is 5.97. The van der Waals surface area contributed by atoms with Gasteiger partial charge in [0.1, 0.15) is 0 Å². The van der Waals surface area contributed by atoms with E-state index in [0.29, 0.717) is 0 Å². The molecule has 0 saturated carbocycles. The quantitative estimate of drug-likeness (QED) is 0.526. The smallest absolute Gasteiger partial charge is 0.0860 e. The van der Waals surface area contributed by atoms with E-state index >= 15 is 0 Å². The van der Waals surface area contributed by atoms with Gasteiger partial charge in [0, 0.05) is 13.7 Å². The molecule has 0 radical (unpaired) electrons. The van der Waals surface area contributed by atoms with E-state index in [1.807, 2.05) is 11.4 Å². The van der Waals surface area contributed by atoms with Gasteiger partial charge in [-0.25, -0.2) is 0 Å². The van der Waals surface area contributed by atoms with Crippen molar-refractivity contribution in [1.82, 2.24) is 0 Å². The Hall–Kier alpha value is -0.343. The van der Waals surface area contributed by atoms with E-state index in [4.69, 9.17) is 4.74 Å². The van der Waals surface area contributed by atoms with Crippen LogP contribution in [-0.2, 0) is 4.74 Å². The third kappa shape index (κ3) is 4.18. The van der Waals surface area contributed by atoms with E-state index < -0.39 is 8.80 Å². The monoisotopic (exact) mass is 142 g/mol. The van der Waals surface area contributed by atoms with Crippen molar-refractivity contribution in [3.05, 3.63) is 24.6 Å². The largest absolute Gasteiger partial charge is 0.385 e. The Kier molecular flexibility index (Phi) is 5.57. The highest BCUT2D eigenvalue weighted by molar-refractivity contribution is 6.69. The summed E-state index contributed by atoms with van der Waals surface area (Å²) in [6.45, 7) is 8.28. The lowest BCUT2D eigenvalue weighted by Crippen LogP contribution is -2.07. The lowest BCUT2D eigenvalue weighted by atomic mass is 10.9. The van der Waals surface area contributed by atoms with E-state index in [-0.39, 0.29) is 0 Å². The van der Waals surface area contributed by atoms with Gasteiger partial charge in [0.15, 0.2) is 0 Å². The standard InChI is InChI=1S/C7H14OSi/c1-4-9(5-2)7-6-8-3/h4-5,9H,1-2,6-7H2,3H3. The molecular weight excluding hydrogens is 128 g/mol. The molecule has 0 saturated heterocycles. The SMILES string of the molecule is C=C[SiH](C=C)CCOC. The molecular formula is C7H14OSi.